The van der Waals surface area contributed by atoms with Crippen molar-refractivity contribution in [1.82, 2.24) is 4.98 Å². The number of carbonyl (C=O) groups is 1. The number of halogens is 1. The van der Waals surface area contributed by atoms with Gasteiger partial charge in [-0.15, -0.1) is 0 Å². The zero-order valence-corrected chi connectivity index (χ0v) is 17.5. The lowest BCUT2D eigenvalue weighted by molar-refractivity contribution is -0.120. The highest BCUT2D eigenvalue weighted by atomic mass is 35.5. The fourth-order valence-electron chi connectivity index (χ4n) is 3.21. The van der Waals surface area contributed by atoms with Crippen molar-refractivity contribution in [2.45, 2.75) is 18.9 Å². The first-order valence-electron chi connectivity index (χ1n) is 9.38. The second kappa shape index (κ2) is 8.98. The van der Waals surface area contributed by atoms with Crippen molar-refractivity contribution in [2.75, 3.05) is 31.8 Å². The van der Waals surface area contributed by atoms with E-state index in [9.17, 15) is 4.79 Å². The van der Waals surface area contributed by atoms with Crippen molar-refractivity contribution >= 4 is 44.2 Å². The highest BCUT2D eigenvalue weighted by Crippen LogP contribution is 2.33. The molecule has 1 saturated heterocycles. The molecule has 1 aliphatic rings. The highest BCUT2D eigenvalue weighted by Gasteiger charge is 2.26. The second-order valence-electron chi connectivity index (χ2n) is 6.69. The van der Waals surface area contributed by atoms with Gasteiger partial charge in [0.1, 0.15) is 17.0 Å². The van der Waals surface area contributed by atoms with Crippen LogP contribution in [0.1, 0.15) is 12.8 Å². The van der Waals surface area contributed by atoms with Gasteiger partial charge >= 0.3 is 0 Å². The first kappa shape index (κ1) is 19.9. The largest absolute Gasteiger partial charge is 0.497 e. The molecule has 1 aromatic heterocycles. The lowest BCUT2D eigenvalue weighted by atomic mass is 10.2. The van der Waals surface area contributed by atoms with E-state index in [1.807, 2.05) is 24.3 Å². The van der Waals surface area contributed by atoms with Crippen molar-refractivity contribution in [3.8, 4) is 11.5 Å². The second-order valence-corrected chi connectivity index (χ2v) is 8.11. The highest BCUT2D eigenvalue weighted by molar-refractivity contribution is 7.22. The quantitative estimate of drug-likeness (QED) is 0.548. The molecule has 29 heavy (non-hydrogen) atoms. The lowest BCUT2D eigenvalue weighted by Crippen LogP contribution is -2.40. The number of benzene rings is 2. The Kier molecular flexibility index (Phi) is 6.18. The molecule has 6 nitrogen and oxygen atoms in total. The Morgan fingerprint density at radius 1 is 1.31 bits per heavy atom. The normalized spacial score (nSPS) is 16.1. The average molecular weight is 433 g/mol. The number of amides is 1. The standard InChI is InChI=1S/C21H21ClN2O4S/c1-26-14-5-2-6-15(11-14)28-13-19(25)24(12-16-7-4-10-27-16)21-23-20-17(22)8-3-9-18(20)29-21/h2-3,5-6,8-9,11,16H,4,7,10,12-13H2,1H3. The molecule has 4 rings (SSSR count). The summed E-state index contributed by atoms with van der Waals surface area (Å²) >= 11 is 7.71. The first-order chi connectivity index (χ1) is 14.1. The Labute approximate surface area is 178 Å². The van der Waals surface area contributed by atoms with Crippen molar-refractivity contribution in [1.29, 1.82) is 0 Å². The minimum atomic E-state index is -0.182. The Bertz CT molecular complexity index is 1000. The topological polar surface area (TPSA) is 60.9 Å². The Morgan fingerprint density at radius 3 is 2.90 bits per heavy atom. The van der Waals surface area contributed by atoms with Gasteiger partial charge in [-0.05, 0) is 37.1 Å². The minimum absolute atomic E-state index is 0.00162. The summed E-state index contributed by atoms with van der Waals surface area (Å²) in [4.78, 5) is 19.3. The summed E-state index contributed by atoms with van der Waals surface area (Å²) in [6.07, 6.45) is 1.92. The number of nitrogens with zero attached hydrogens (tertiary/aromatic N) is 2. The number of methoxy groups -OCH3 is 1. The van der Waals surface area contributed by atoms with Crippen LogP contribution in [0.4, 0.5) is 5.13 Å². The summed E-state index contributed by atoms with van der Waals surface area (Å²) in [5, 5.41) is 1.17. The summed E-state index contributed by atoms with van der Waals surface area (Å²) in [6.45, 7) is 1.06. The third kappa shape index (κ3) is 4.63. The zero-order valence-electron chi connectivity index (χ0n) is 16.0. The van der Waals surface area contributed by atoms with Crippen molar-refractivity contribution < 1.29 is 19.0 Å². The molecule has 152 valence electrons. The van der Waals surface area contributed by atoms with E-state index in [1.165, 1.54) is 11.3 Å². The molecule has 1 amide bonds. The van der Waals surface area contributed by atoms with Gasteiger partial charge < -0.3 is 14.2 Å². The van der Waals surface area contributed by atoms with Crippen LogP contribution < -0.4 is 14.4 Å². The van der Waals surface area contributed by atoms with E-state index in [1.54, 1.807) is 30.2 Å². The Hall–Kier alpha value is -2.35. The van der Waals surface area contributed by atoms with Crippen molar-refractivity contribution in [2.24, 2.45) is 0 Å². The summed E-state index contributed by atoms with van der Waals surface area (Å²) in [5.41, 5.74) is 0.702. The molecule has 0 N–H and O–H groups in total. The van der Waals surface area contributed by atoms with Crippen LogP contribution in [0.2, 0.25) is 5.02 Å². The number of carbonyl (C=O) groups excluding carboxylic acids is 1. The maximum Gasteiger partial charge on any atom is 0.266 e. The van der Waals surface area contributed by atoms with Gasteiger partial charge in [-0.3, -0.25) is 9.69 Å². The molecule has 2 aromatic carbocycles. The van der Waals surface area contributed by atoms with Crippen molar-refractivity contribution in [3.05, 3.63) is 47.5 Å². The smallest absolute Gasteiger partial charge is 0.266 e. The van der Waals surface area contributed by atoms with E-state index >= 15 is 0 Å². The Morgan fingerprint density at radius 2 is 2.14 bits per heavy atom. The monoisotopic (exact) mass is 432 g/mol. The first-order valence-corrected chi connectivity index (χ1v) is 10.6. The molecular formula is C21H21ClN2O4S. The van der Waals surface area contributed by atoms with Crippen LogP contribution in [0.25, 0.3) is 10.2 Å². The van der Waals surface area contributed by atoms with E-state index in [-0.39, 0.29) is 18.6 Å². The summed E-state index contributed by atoms with van der Waals surface area (Å²) < 4.78 is 17.6. The van der Waals surface area contributed by atoms with Crippen LogP contribution >= 0.6 is 22.9 Å². The third-order valence-electron chi connectivity index (χ3n) is 4.70. The van der Waals surface area contributed by atoms with E-state index in [0.29, 0.717) is 33.7 Å². The van der Waals surface area contributed by atoms with Gasteiger partial charge in [-0.25, -0.2) is 4.98 Å². The molecule has 8 heteroatoms. The minimum Gasteiger partial charge on any atom is -0.497 e. The van der Waals surface area contributed by atoms with Crippen LogP contribution in [-0.4, -0.2) is 43.9 Å². The Balaban J connectivity index is 1.55. The van der Waals surface area contributed by atoms with Crippen LogP contribution in [0.3, 0.4) is 0 Å². The predicted molar refractivity (Wildman–Crippen MR) is 114 cm³/mol. The van der Waals surface area contributed by atoms with Gasteiger partial charge in [-0.1, -0.05) is 35.1 Å². The number of hydrogen-bond acceptors (Lipinski definition) is 6. The maximum absolute atomic E-state index is 13.1. The molecule has 0 saturated carbocycles. The number of para-hydroxylation sites is 1. The molecule has 0 bridgehead atoms. The molecule has 1 atom stereocenters. The molecule has 1 unspecified atom stereocenters. The predicted octanol–water partition coefficient (Wildman–Crippen LogP) is 4.55. The maximum atomic E-state index is 13.1. The van der Waals surface area contributed by atoms with Crippen LogP contribution in [0.5, 0.6) is 11.5 Å². The molecule has 0 aliphatic carbocycles. The van der Waals surface area contributed by atoms with Gasteiger partial charge in [0.05, 0.1) is 29.5 Å². The molecule has 1 fully saturated rings. The van der Waals surface area contributed by atoms with Gasteiger partial charge in [0, 0.05) is 12.7 Å². The fraction of sp³-hybridized carbons (Fsp3) is 0.333. The van der Waals surface area contributed by atoms with Crippen molar-refractivity contribution in [3.63, 3.8) is 0 Å². The SMILES string of the molecule is COc1cccc(OCC(=O)N(CC2CCCO2)c2nc3c(Cl)cccc3s2)c1. The van der Waals surface area contributed by atoms with E-state index < -0.39 is 0 Å². The fourth-order valence-corrected chi connectivity index (χ4v) is 4.50. The van der Waals surface area contributed by atoms with Crippen LogP contribution in [-0.2, 0) is 9.53 Å². The summed E-state index contributed by atoms with van der Waals surface area (Å²) in [6, 6.07) is 12.8. The third-order valence-corrected chi connectivity index (χ3v) is 6.05. The van der Waals surface area contributed by atoms with E-state index in [0.717, 1.165) is 24.1 Å². The number of anilines is 1. The number of rotatable bonds is 7. The van der Waals surface area contributed by atoms with E-state index in [2.05, 4.69) is 4.98 Å². The average Bonchev–Trinajstić information content (AvgIpc) is 3.40. The lowest BCUT2D eigenvalue weighted by Gasteiger charge is -2.23. The van der Waals surface area contributed by atoms with E-state index in [4.69, 9.17) is 25.8 Å². The summed E-state index contributed by atoms with van der Waals surface area (Å²) in [5.74, 6) is 1.06. The van der Waals surface area contributed by atoms with Crippen LogP contribution in [0.15, 0.2) is 42.5 Å². The molecule has 0 radical (unpaired) electrons. The van der Waals surface area contributed by atoms with Gasteiger partial charge in [-0.2, -0.15) is 0 Å². The zero-order chi connectivity index (χ0) is 20.2. The number of ether oxygens (including phenoxy) is 3. The molecule has 0 spiro atoms. The molecule has 1 aliphatic heterocycles. The number of hydrogen-bond donors (Lipinski definition) is 0. The van der Waals surface area contributed by atoms with Crippen LogP contribution in [0, 0.1) is 0 Å². The number of fused-ring (bicyclic) bond motifs is 1. The number of aromatic nitrogens is 1. The van der Waals surface area contributed by atoms with Gasteiger partial charge in [0.15, 0.2) is 11.7 Å². The number of thiazole rings is 1. The molecular weight excluding hydrogens is 412 g/mol. The molecule has 2 heterocycles. The van der Waals surface area contributed by atoms with Gasteiger partial charge in [0.2, 0.25) is 0 Å². The van der Waals surface area contributed by atoms with Gasteiger partial charge in [0.25, 0.3) is 5.91 Å². The summed E-state index contributed by atoms with van der Waals surface area (Å²) in [7, 11) is 1.59. The molecule has 3 aromatic rings.